The fraction of sp³-hybridized carbons (Fsp3) is 0.0588. The van der Waals surface area contributed by atoms with Crippen molar-refractivity contribution in [1.29, 1.82) is 0 Å². The first-order chi connectivity index (χ1) is 11.2. The van der Waals surface area contributed by atoms with Gasteiger partial charge in [-0.05, 0) is 18.2 Å². The van der Waals surface area contributed by atoms with Crippen LogP contribution in [-0.4, -0.2) is 24.7 Å². The van der Waals surface area contributed by atoms with Crippen LogP contribution in [0.4, 0.5) is 5.95 Å². The summed E-state index contributed by atoms with van der Waals surface area (Å²) in [6, 6.07) is 12.0. The first-order valence-electron chi connectivity index (χ1n) is 7.19. The van der Waals surface area contributed by atoms with E-state index in [1.54, 1.807) is 12.4 Å². The van der Waals surface area contributed by atoms with Crippen molar-refractivity contribution in [1.82, 2.24) is 24.7 Å². The molecule has 4 rings (SSSR count). The van der Waals surface area contributed by atoms with Crippen molar-refractivity contribution >= 4 is 16.9 Å². The Morgan fingerprint density at radius 1 is 1.00 bits per heavy atom. The molecular weight excluding hydrogens is 288 g/mol. The summed E-state index contributed by atoms with van der Waals surface area (Å²) >= 11 is 0. The van der Waals surface area contributed by atoms with E-state index in [-0.39, 0.29) is 5.95 Å². The highest BCUT2D eigenvalue weighted by atomic mass is 15.2. The van der Waals surface area contributed by atoms with E-state index < -0.39 is 0 Å². The highest BCUT2D eigenvalue weighted by Gasteiger charge is 2.17. The molecule has 0 spiro atoms. The van der Waals surface area contributed by atoms with E-state index in [1.165, 1.54) is 0 Å². The molecule has 0 aliphatic rings. The van der Waals surface area contributed by atoms with Crippen LogP contribution in [0, 0.1) is 0 Å². The Kier molecular flexibility index (Phi) is 3.01. The van der Waals surface area contributed by atoms with E-state index in [0.29, 0.717) is 11.4 Å². The van der Waals surface area contributed by atoms with Gasteiger partial charge in [-0.25, -0.2) is 4.98 Å². The number of hydrogen-bond acceptors (Lipinski definition) is 5. The Balaban J connectivity index is 2.03. The molecule has 6 heteroatoms. The van der Waals surface area contributed by atoms with Gasteiger partial charge in [0.15, 0.2) is 0 Å². The summed E-state index contributed by atoms with van der Waals surface area (Å²) in [5.41, 5.74) is 10.1. The lowest BCUT2D eigenvalue weighted by Gasteiger charge is -2.06. The second kappa shape index (κ2) is 5.17. The molecule has 0 atom stereocenters. The smallest absolute Gasteiger partial charge is 0.240 e. The van der Waals surface area contributed by atoms with Crippen molar-refractivity contribution in [2.75, 3.05) is 5.73 Å². The number of rotatable bonds is 2. The van der Waals surface area contributed by atoms with Gasteiger partial charge < -0.3 is 10.3 Å². The van der Waals surface area contributed by atoms with Gasteiger partial charge in [0.25, 0.3) is 0 Å². The first-order valence-corrected chi connectivity index (χ1v) is 7.19. The van der Waals surface area contributed by atoms with Crippen molar-refractivity contribution < 1.29 is 0 Å². The van der Waals surface area contributed by atoms with Crippen LogP contribution in [-0.2, 0) is 7.05 Å². The fourth-order valence-electron chi connectivity index (χ4n) is 2.75. The van der Waals surface area contributed by atoms with Crippen LogP contribution in [0.3, 0.4) is 0 Å². The van der Waals surface area contributed by atoms with Crippen LogP contribution < -0.4 is 5.73 Å². The lowest BCUT2D eigenvalue weighted by atomic mass is 10.1. The van der Waals surface area contributed by atoms with Crippen molar-refractivity contribution in [2.24, 2.45) is 7.05 Å². The molecule has 23 heavy (non-hydrogen) atoms. The van der Waals surface area contributed by atoms with Crippen molar-refractivity contribution in [2.45, 2.75) is 0 Å². The molecule has 112 valence electrons. The summed E-state index contributed by atoms with van der Waals surface area (Å²) in [6.07, 6.45) is 5.50. The van der Waals surface area contributed by atoms with Crippen LogP contribution in [0.2, 0.25) is 0 Å². The van der Waals surface area contributed by atoms with Crippen LogP contribution in [0.5, 0.6) is 0 Å². The van der Waals surface area contributed by atoms with Crippen LogP contribution in [0.25, 0.3) is 33.4 Å². The number of pyridine rings is 1. The SMILES string of the molecule is Cn1cc(-c2nc(N)nnc2-c2cccnc2)c2ccccc21. The van der Waals surface area contributed by atoms with Crippen LogP contribution in [0.15, 0.2) is 55.0 Å². The zero-order valence-electron chi connectivity index (χ0n) is 12.5. The molecule has 0 aliphatic heterocycles. The first kappa shape index (κ1) is 13.4. The van der Waals surface area contributed by atoms with Crippen molar-refractivity contribution in [3.05, 3.63) is 55.0 Å². The number of nitrogen functional groups attached to an aromatic ring is 1. The number of benzene rings is 1. The minimum absolute atomic E-state index is 0.153. The number of para-hydroxylation sites is 1. The Labute approximate surface area is 132 Å². The van der Waals surface area contributed by atoms with Gasteiger partial charge in [-0.1, -0.05) is 18.2 Å². The Morgan fingerprint density at radius 3 is 2.70 bits per heavy atom. The molecule has 1 aromatic carbocycles. The topological polar surface area (TPSA) is 82.5 Å². The van der Waals surface area contributed by atoms with Gasteiger partial charge in [-0.2, -0.15) is 0 Å². The summed E-state index contributed by atoms with van der Waals surface area (Å²) in [5.74, 6) is 0.153. The second-order valence-corrected chi connectivity index (χ2v) is 5.28. The van der Waals surface area contributed by atoms with Gasteiger partial charge in [0.2, 0.25) is 5.95 Å². The Hall–Kier alpha value is -3.28. The lowest BCUT2D eigenvalue weighted by molar-refractivity contribution is 0.965. The van der Waals surface area contributed by atoms with E-state index in [4.69, 9.17) is 5.73 Å². The fourth-order valence-corrected chi connectivity index (χ4v) is 2.75. The Bertz CT molecular complexity index is 991. The van der Waals surface area contributed by atoms with Gasteiger partial charge in [-0.3, -0.25) is 4.98 Å². The molecule has 0 amide bonds. The number of anilines is 1. The molecule has 6 nitrogen and oxygen atoms in total. The third-order valence-corrected chi connectivity index (χ3v) is 3.79. The van der Waals surface area contributed by atoms with Gasteiger partial charge >= 0.3 is 0 Å². The molecule has 0 aliphatic carbocycles. The number of aromatic nitrogens is 5. The minimum Gasteiger partial charge on any atom is -0.366 e. The van der Waals surface area contributed by atoms with Crippen LogP contribution >= 0.6 is 0 Å². The molecule has 4 aromatic rings. The third kappa shape index (κ3) is 2.20. The lowest BCUT2D eigenvalue weighted by Crippen LogP contribution is -2.02. The number of aryl methyl sites for hydroxylation is 1. The molecule has 0 unspecified atom stereocenters. The predicted molar refractivity (Wildman–Crippen MR) is 89.4 cm³/mol. The summed E-state index contributed by atoms with van der Waals surface area (Å²) in [7, 11) is 2.01. The Morgan fingerprint density at radius 2 is 1.87 bits per heavy atom. The maximum atomic E-state index is 5.79. The van der Waals surface area contributed by atoms with E-state index in [0.717, 1.165) is 22.0 Å². The van der Waals surface area contributed by atoms with E-state index >= 15 is 0 Å². The number of nitrogens with two attached hydrogens (primary N) is 1. The molecule has 3 heterocycles. The maximum absolute atomic E-state index is 5.79. The average Bonchev–Trinajstić information content (AvgIpc) is 2.93. The summed E-state index contributed by atoms with van der Waals surface area (Å²) < 4.78 is 2.07. The van der Waals surface area contributed by atoms with Gasteiger partial charge in [0.05, 0.1) is 0 Å². The quantitative estimate of drug-likeness (QED) is 0.615. The number of nitrogens with zero attached hydrogens (tertiary/aromatic N) is 5. The molecule has 0 bridgehead atoms. The van der Waals surface area contributed by atoms with Gasteiger partial charge in [-0.15, -0.1) is 10.2 Å². The zero-order chi connectivity index (χ0) is 15.8. The van der Waals surface area contributed by atoms with E-state index in [1.807, 2.05) is 37.5 Å². The number of fused-ring (bicyclic) bond motifs is 1. The molecule has 0 saturated carbocycles. The monoisotopic (exact) mass is 302 g/mol. The van der Waals surface area contributed by atoms with Crippen LogP contribution in [0.1, 0.15) is 0 Å². The summed E-state index contributed by atoms with van der Waals surface area (Å²) in [6.45, 7) is 0. The highest BCUT2D eigenvalue weighted by Crippen LogP contribution is 2.34. The van der Waals surface area contributed by atoms with Crippen molar-refractivity contribution in [3.63, 3.8) is 0 Å². The van der Waals surface area contributed by atoms with Crippen molar-refractivity contribution in [3.8, 4) is 22.5 Å². The second-order valence-electron chi connectivity index (χ2n) is 5.28. The zero-order valence-corrected chi connectivity index (χ0v) is 12.5. The van der Waals surface area contributed by atoms with E-state index in [2.05, 4.69) is 36.9 Å². The van der Waals surface area contributed by atoms with Gasteiger partial charge in [0, 0.05) is 47.7 Å². The molecule has 2 N–H and O–H groups in total. The molecule has 3 aromatic heterocycles. The molecular formula is C17H14N6. The summed E-state index contributed by atoms with van der Waals surface area (Å²) in [4.78, 5) is 8.60. The number of hydrogen-bond donors (Lipinski definition) is 1. The average molecular weight is 302 g/mol. The maximum Gasteiger partial charge on any atom is 0.240 e. The highest BCUT2D eigenvalue weighted by molar-refractivity contribution is 5.98. The van der Waals surface area contributed by atoms with Gasteiger partial charge in [0.1, 0.15) is 11.4 Å². The molecule has 0 saturated heterocycles. The molecule has 0 fully saturated rings. The largest absolute Gasteiger partial charge is 0.366 e. The minimum atomic E-state index is 0.153. The summed E-state index contributed by atoms with van der Waals surface area (Å²) in [5, 5.41) is 9.26. The third-order valence-electron chi connectivity index (χ3n) is 3.79. The van der Waals surface area contributed by atoms with E-state index in [9.17, 15) is 0 Å². The standard InChI is InChI=1S/C17H14N6/c1-23-10-13(12-6-2-3-7-14(12)23)16-15(21-22-17(18)20-16)11-5-4-8-19-9-11/h2-10H,1H3,(H2,18,20,22). The molecule has 0 radical (unpaired) electrons. The predicted octanol–water partition coefficient (Wildman–Crippen LogP) is 2.67. The normalized spacial score (nSPS) is 11.0.